The van der Waals surface area contributed by atoms with Crippen LogP contribution < -0.4 is 0 Å². The van der Waals surface area contributed by atoms with Crippen LogP contribution in [0.25, 0.3) is 0 Å². The van der Waals surface area contributed by atoms with E-state index in [0.29, 0.717) is 11.2 Å². The maximum atomic E-state index is 9.23. The average molecular weight is 269 g/mol. The lowest BCUT2D eigenvalue weighted by molar-refractivity contribution is 0.346. The highest BCUT2D eigenvalue weighted by Crippen LogP contribution is 2.42. The van der Waals surface area contributed by atoms with Gasteiger partial charge in [-0.25, -0.2) is 0 Å². The molecule has 1 fully saturated rings. The molecule has 0 atom stereocenters. The minimum absolute atomic E-state index is 0.359. The summed E-state index contributed by atoms with van der Waals surface area (Å²) in [6.07, 6.45) is 6.53. The van der Waals surface area contributed by atoms with Crippen LogP contribution in [0.4, 0.5) is 0 Å². The van der Waals surface area contributed by atoms with Crippen LogP contribution in [0, 0.1) is 5.41 Å². The van der Waals surface area contributed by atoms with Crippen molar-refractivity contribution in [1.82, 2.24) is 0 Å². The van der Waals surface area contributed by atoms with Crippen molar-refractivity contribution in [2.75, 3.05) is 5.33 Å². The van der Waals surface area contributed by atoms with Crippen LogP contribution in [0.1, 0.15) is 31.2 Å². The van der Waals surface area contributed by atoms with E-state index in [1.807, 2.05) is 12.1 Å². The lowest BCUT2D eigenvalue weighted by atomic mass is 9.82. The number of hydrogen-bond donors (Lipinski definition) is 1. The van der Waals surface area contributed by atoms with Gasteiger partial charge in [-0.15, -0.1) is 0 Å². The Kier molecular flexibility index (Phi) is 3.35. The largest absolute Gasteiger partial charge is 0.508 e. The smallest absolute Gasteiger partial charge is 0.115 e. The van der Waals surface area contributed by atoms with Crippen molar-refractivity contribution >= 4 is 15.9 Å². The Hall–Kier alpha value is -0.500. The Labute approximate surface area is 99.6 Å². The molecule has 1 saturated carbocycles. The van der Waals surface area contributed by atoms with Crippen LogP contribution in [-0.2, 0) is 6.42 Å². The van der Waals surface area contributed by atoms with Crippen molar-refractivity contribution in [2.45, 2.75) is 32.1 Å². The van der Waals surface area contributed by atoms with Gasteiger partial charge in [0.25, 0.3) is 0 Å². The molecular weight excluding hydrogens is 252 g/mol. The zero-order valence-electron chi connectivity index (χ0n) is 8.88. The van der Waals surface area contributed by atoms with Gasteiger partial charge >= 0.3 is 0 Å². The predicted octanol–water partition coefficient (Wildman–Crippen LogP) is 3.89. The van der Waals surface area contributed by atoms with E-state index in [4.69, 9.17) is 0 Å². The first-order valence-corrected chi connectivity index (χ1v) is 6.70. The number of benzene rings is 1. The third-order valence-electron chi connectivity index (χ3n) is 3.46. The van der Waals surface area contributed by atoms with E-state index < -0.39 is 0 Å². The number of phenolic OH excluding ortho intramolecular Hbond substituents is 1. The summed E-state index contributed by atoms with van der Waals surface area (Å²) in [5.74, 6) is 0.359. The Balaban J connectivity index is 2.09. The number of halogens is 1. The number of phenols is 1. The summed E-state index contributed by atoms with van der Waals surface area (Å²) in [5.41, 5.74) is 1.81. The molecule has 1 aromatic carbocycles. The van der Waals surface area contributed by atoms with Crippen LogP contribution in [0.15, 0.2) is 24.3 Å². The molecule has 15 heavy (non-hydrogen) atoms. The van der Waals surface area contributed by atoms with Crippen LogP contribution in [0.3, 0.4) is 0 Å². The third kappa shape index (κ3) is 2.54. The Morgan fingerprint density at radius 1 is 1.13 bits per heavy atom. The quantitative estimate of drug-likeness (QED) is 0.825. The molecule has 0 bridgehead atoms. The van der Waals surface area contributed by atoms with E-state index >= 15 is 0 Å². The van der Waals surface area contributed by atoms with Gasteiger partial charge in [0, 0.05) is 5.33 Å². The summed E-state index contributed by atoms with van der Waals surface area (Å²) in [7, 11) is 0. The molecule has 0 aliphatic heterocycles. The molecule has 2 rings (SSSR count). The van der Waals surface area contributed by atoms with Crippen molar-refractivity contribution in [1.29, 1.82) is 0 Å². The SMILES string of the molecule is Oc1ccc(CC2(CBr)CCCC2)cc1. The summed E-state index contributed by atoms with van der Waals surface area (Å²) in [6, 6.07) is 7.65. The van der Waals surface area contributed by atoms with Crippen LogP contribution in [0.5, 0.6) is 5.75 Å². The molecule has 0 radical (unpaired) electrons. The van der Waals surface area contributed by atoms with Gasteiger partial charge in [-0.2, -0.15) is 0 Å². The predicted molar refractivity (Wildman–Crippen MR) is 66.5 cm³/mol. The maximum absolute atomic E-state index is 9.23. The van der Waals surface area contributed by atoms with Gasteiger partial charge in [-0.05, 0) is 42.4 Å². The summed E-state index contributed by atoms with van der Waals surface area (Å²) in [5, 5.41) is 10.3. The second-order valence-corrected chi connectivity index (χ2v) is 5.24. The minimum atomic E-state index is 0.359. The standard InChI is InChI=1S/C13H17BrO/c14-10-13(7-1-2-8-13)9-11-3-5-12(15)6-4-11/h3-6,15H,1-2,7-10H2. The van der Waals surface area contributed by atoms with Gasteiger partial charge in [0.2, 0.25) is 0 Å². The summed E-state index contributed by atoms with van der Waals surface area (Å²) in [6.45, 7) is 0. The lowest BCUT2D eigenvalue weighted by Crippen LogP contribution is -2.21. The molecule has 1 nitrogen and oxygen atoms in total. The first-order valence-electron chi connectivity index (χ1n) is 5.58. The second-order valence-electron chi connectivity index (χ2n) is 4.68. The number of aromatic hydroxyl groups is 1. The lowest BCUT2D eigenvalue weighted by Gasteiger charge is -2.26. The number of hydrogen-bond acceptors (Lipinski definition) is 1. The van der Waals surface area contributed by atoms with Gasteiger partial charge in [0.15, 0.2) is 0 Å². The number of rotatable bonds is 3. The normalized spacial score (nSPS) is 19.3. The van der Waals surface area contributed by atoms with Gasteiger partial charge in [0.05, 0.1) is 0 Å². The highest BCUT2D eigenvalue weighted by Gasteiger charge is 2.32. The molecule has 82 valence electrons. The van der Waals surface area contributed by atoms with Crippen LogP contribution in [-0.4, -0.2) is 10.4 Å². The Bertz CT molecular complexity index is 312. The molecule has 1 N–H and O–H groups in total. The molecular formula is C13H17BrO. The minimum Gasteiger partial charge on any atom is -0.508 e. The second kappa shape index (κ2) is 4.56. The highest BCUT2D eigenvalue weighted by molar-refractivity contribution is 9.09. The van der Waals surface area contributed by atoms with E-state index in [1.54, 1.807) is 12.1 Å². The van der Waals surface area contributed by atoms with Crippen molar-refractivity contribution in [3.8, 4) is 5.75 Å². The first kappa shape index (κ1) is 11.0. The summed E-state index contributed by atoms with van der Waals surface area (Å²) >= 11 is 3.66. The Morgan fingerprint density at radius 3 is 2.27 bits per heavy atom. The van der Waals surface area contributed by atoms with Crippen molar-refractivity contribution in [3.63, 3.8) is 0 Å². The fraction of sp³-hybridized carbons (Fsp3) is 0.538. The number of alkyl halides is 1. The maximum Gasteiger partial charge on any atom is 0.115 e. The average Bonchev–Trinajstić information content (AvgIpc) is 2.71. The van der Waals surface area contributed by atoms with Gasteiger partial charge in [-0.1, -0.05) is 40.9 Å². The molecule has 1 aromatic rings. The molecule has 0 aromatic heterocycles. The molecule has 2 heteroatoms. The van der Waals surface area contributed by atoms with E-state index in [2.05, 4.69) is 15.9 Å². The highest BCUT2D eigenvalue weighted by atomic mass is 79.9. The first-order chi connectivity index (χ1) is 7.24. The van der Waals surface area contributed by atoms with Crippen LogP contribution in [0.2, 0.25) is 0 Å². The van der Waals surface area contributed by atoms with Gasteiger partial charge < -0.3 is 5.11 Å². The van der Waals surface area contributed by atoms with E-state index in [1.165, 1.54) is 31.2 Å². The van der Waals surface area contributed by atoms with Crippen LogP contribution >= 0.6 is 15.9 Å². The van der Waals surface area contributed by atoms with Gasteiger partial charge in [0.1, 0.15) is 5.75 Å². The molecule has 0 amide bonds. The Morgan fingerprint density at radius 2 is 1.73 bits per heavy atom. The fourth-order valence-electron chi connectivity index (χ4n) is 2.53. The molecule has 0 saturated heterocycles. The molecule has 0 heterocycles. The summed E-state index contributed by atoms with van der Waals surface area (Å²) in [4.78, 5) is 0. The molecule has 0 unspecified atom stereocenters. The van der Waals surface area contributed by atoms with Gasteiger partial charge in [-0.3, -0.25) is 0 Å². The summed E-state index contributed by atoms with van der Waals surface area (Å²) < 4.78 is 0. The van der Waals surface area contributed by atoms with Crippen molar-refractivity contribution < 1.29 is 5.11 Å². The third-order valence-corrected chi connectivity index (χ3v) is 4.65. The zero-order chi connectivity index (χ0) is 10.7. The molecule has 1 aliphatic rings. The topological polar surface area (TPSA) is 20.2 Å². The molecule has 0 spiro atoms. The van der Waals surface area contributed by atoms with Crippen molar-refractivity contribution in [2.24, 2.45) is 5.41 Å². The monoisotopic (exact) mass is 268 g/mol. The van der Waals surface area contributed by atoms with Crippen molar-refractivity contribution in [3.05, 3.63) is 29.8 Å². The van der Waals surface area contributed by atoms with E-state index in [0.717, 1.165) is 11.8 Å². The fourth-order valence-corrected chi connectivity index (χ4v) is 3.29. The molecule has 1 aliphatic carbocycles. The van der Waals surface area contributed by atoms with E-state index in [9.17, 15) is 5.11 Å². The van der Waals surface area contributed by atoms with E-state index in [-0.39, 0.29) is 0 Å². The zero-order valence-corrected chi connectivity index (χ0v) is 10.5.